The fraction of sp³-hybridized carbons (Fsp3) is 0.722. The lowest BCUT2D eigenvalue weighted by molar-refractivity contribution is -0.116. The maximum Gasteiger partial charge on any atom is 0.156 e. The van der Waals surface area contributed by atoms with E-state index in [1.54, 1.807) is 6.08 Å². The van der Waals surface area contributed by atoms with E-state index < -0.39 is 5.60 Å². The summed E-state index contributed by atoms with van der Waals surface area (Å²) in [6, 6.07) is 0. The quantitative estimate of drug-likeness (QED) is 0.790. The van der Waals surface area contributed by atoms with Crippen molar-refractivity contribution >= 4 is 5.78 Å². The number of allylic oxidation sites excluding steroid dienone is 2. The largest absolute Gasteiger partial charge is 0.384 e. The first-order valence-electron chi connectivity index (χ1n) is 7.48. The molecule has 2 atom stereocenters. The first-order valence-corrected chi connectivity index (χ1v) is 7.48. The van der Waals surface area contributed by atoms with Gasteiger partial charge in [-0.05, 0) is 42.2 Å². The van der Waals surface area contributed by atoms with Crippen LogP contribution in [-0.4, -0.2) is 16.5 Å². The molecule has 2 rings (SSSR count). The van der Waals surface area contributed by atoms with Gasteiger partial charge in [-0.3, -0.25) is 4.79 Å². The Morgan fingerprint density at radius 2 is 1.95 bits per heavy atom. The number of carbonyl (C=O) groups is 1. The van der Waals surface area contributed by atoms with Crippen molar-refractivity contribution in [3.8, 4) is 0 Å². The fourth-order valence-corrected chi connectivity index (χ4v) is 5.20. The van der Waals surface area contributed by atoms with Gasteiger partial charge in [-0.1, -0.05) is 40.2 Å². The summed E-state index contributed by atoms with van der Waals surface area (Å²) in [6.45, 7) is 16.6. The molecule has 0 aliphatic heterocycles. The van der Waals surface area contributed by atoms with Crippen LogP contribution in [0.4, 0.5) is 0 Å². The molecule has 0 radical (unpaired) electrons. The zero-order valence-corrected chi connectivity index (χ0v) is 13.8. The number of fused-ring (bicyclic) bond motifs is 1. The Hall–Kier alpha value is -0.890. The van der Waals surface area contributed by atoms with Crippen molar-refractivity contribution < 1.29 is 9.90 Å². The molecule has 1 fully saturated rings. The van der Waals surface area contributed by atoms with Gasteiger partial charge in [0.2, 0.25) is 0 Å². The molecule has 1 saturated carbocycles. The summed E-state index contributed by atoms with van der Waals surface area (Å²) in [6.07, 6.45) is 3.87. The predicted octanol–water partition coefficient (Wildman–Crippen LogP) is 4.05. The zero-order valence-electron chi connectivity index (χ0n) is 13.8. The van der Waals surface area contributed by atoms with E-state index in [9.17, 15) is 9.90 Å². The van der Waals surface area contributed by atoms with Crippen LogP contribution in [0.2, 0.25) is 0 Å². The van der Waals surface area contributed by atoms with E-state index >= 15 is 0 Å². The number of ketones is 1. The van der Waals surface area contributed by atoms with Crippen molar-refractivity contribution in [3.63, 3.8) is 0 Å². The molecule has 0 spiro atoms. The van der Waals surface area contributed by atoms with Crippen molar-refractivity contribution in [3.05, 3.63) is 23.8 Å². The molecule has 20 heavy (non-hydrogen) atoms. The van der Waals surface area contributed by atoms with Gasteiger partial charge in [-0.25, -0.2) is 0 Å². The topological polar surface area (TPSA) is 37.3 Å². The van der Waals surface area contributed by atoms with Crippen LogP contribution < -0.4 is 0 Å². The molecule has 0 aromatic heterocycles. The molecule has 2 aliphatic carbocycles. The van der Waals surface area contributed by atoms with Crippen LogP contribution in [0.15, 0.2) is 23.8 Å². The van der Waals surface area contributed by atoms with Crippen LogP contribution in [0.1, 0.15) is 60.8 Å². The Labute approximate surface area is 123 Å². The van der Waals surface area contributed by atoms with Crippen molar-refractivity contribution in [1.82, 2.24) is 0 Å². The summed E-state index contributed by atoms with van der Waals surface area (Å²) in [4.78, 5) is 11.9. The van der Waals surface area contributed by atoms with Crippen molar-refractivity contribution in [1.29, 1.82) is 0 Å². The zero-order chi connectivity index (χ0) is 15.6. The molecule has 2 aliphatic rings. The van der Waals surface area contributed by atoms with E-state index in [0.717, 1.165) is 24.0 Å². The minimum atomic E-state index is -0.958. The van der Waals surface area contributed by atoms with Gasteiger partial charge in [0.1, 0.15) is 0 Å². The summed E-state index contributed by atoms with van der Waals surface area (Å²) in [5.74, 6) is 0.155. The molecule has 2 heteroatoms. The van der Waals surface area contributed by atoms with Gasteiger partial charge < -0.3 is 5.11 Å². The summed E-state index contributed by atoms with van der Waals surface area (Å²) in [5, 5.41) is 11.7. The fourth-order valence-electron chi connectivity index (χ4n) is 5.20. The molecule has 0 amide bonds. The third-order valence-corrected chi connectivity index (χ3v) is 5.44. The van der Waals surface area contributed by atoms with Crippen molar-refractivity contribution in [2.75, 3.05) is 0 Å². The van der Waals surface area contributed by atoms with Gasteiger partial charge in [-0.2, -0.15) is 0 Å². The summed E-state index contributed by atoms with van der Waals surface area (Å²) in [5.41, 5.74) is 0.301. The second kappa shape index (κ2) is 4.07. The second-order valence-corrected chi connectivity index (χ2v) is 8.55. The van der Waals surface area contributed by atoms with E-state index in [-0.39, 0.29) is 22.0 Å². The Bertz CT molecular complexity index is 510. The van der Waals surface area contributed by atoms with E-state index in [1.807, 2.05) is 6.92 Å². The summed E-state index contributed by atoms with van der Waals surface area (Å²) >= 11 is 0. The number of rotatable bonds is 3. The maximum absolute atomic E-state index is 11.9. The Morgan fingerprint density at radius 1 is 1.40 bits per heavy atom. The normalized spacial score (nSPS) is 36.0. The first-order chi connectivity index (χ1) is 8.86. The maximum atomic E-state index is 11.9. The molecular formula is C18H28O2. The average Bonchev–Trinajstić information content (AvgIpc) is 2.54. The Balaban J connectivity index is 2.60. The molecule has 0 bridgehead atoms. The second-order valence-electron chi connectivity index (χ2n) is 8.55. The average molecular weight is 276 g/mol. The van der Waals surface area contributed by atoms with Gasteiger partial charge in [-0.15, -0.1) is 6.58 Å². The summed E-state index contributed by atoms with van der Waals surface area (Å²) in [7, 11) is 0. The highest BCUT2D eigenvalue weighted by atomic mass is 16.3. The Morgan fingerprint density at radius 3 is 2.45 bits per heavy atom. The lowest BCUT2D eigenvalue weighted by Gasteiger charge is -2.49. The number of hydrogen-bond donors (Lipinski definition) is 1. The molecule has 0 saturated heterocycles. The third-order valence-electron chi connectivity index (χ3n) is 5.44. The molecule has 1 N–H and O–H groups in total. The SMILES string of the molecule is C=C(C)CC(C)(C)[C@]1(O)C2=CC(=O)C[C@@]2(C)CC1(C)C. The van der Waals surface area contributed by atoms with Gasteiger partial charge in [0.15, 0.2) is 5.78 Å². The van der Waals surface area contributed by atoms with E-state index in [1.165, 1.54) is 0 Å². The highest BCUT2D eigenvalue weighted by Gasteiger charge is 2.67. The van der Waals surface area contributed by atoms with Crippen LogP contribution in [0.5, 0.6) is 0 Å². The van der Waals surface area contributed by atoms with Crippen LogP contribution in [0, 0.1) is 16.2 Å². The highest BCUT2D eigenvalue weighted by molar-refractivity contribution is 5.95. The van der Waals surface area contributed by atoms with Crippen LogP contribution in [0.25, 0.3) is 0 Å². The standard InChI is InChI=1S/C18H28O2/c1-12(2)9-15(3,4)18(20)14-8-13(19)10-17(14,7)11-16(18,5)6/h8,20H,1,9-11H2,2-7H3/t17-,18+/m0/s1. The number of carbonyl (C=O) groups excluding carboxylic acids is 1. The van der Waals surface area contributed by atoms with Crippen LogP contribution in [-0.2, 0) is 4.79 Å². The highest BCUT2D eigenvalue weighted by Crippen LogP contribution is 2.67. The van der Waals surface area contributed by atoms with Gasteiger partial charge >= 0.3 is 0 Å². The first kappa shape index (κ1) is 15.5. The van der Waals surface area contributed by atoms with Crippen molar-refractivity contribution in [2.45, 2.75) is 66.4 Å². The van der Waals surface area contributed by atoms with Crippen molar-refractivity contribution in [2.24, 2.45) is 16.2 Å². The minimum absolute atomic E-state index is 0.155. The molecule has 0 aromatic rings. The molecule has 0 heterocycles. The molecule has 0 unspecified atom stereocenters. The molecule has 2 nitrogen and oxygen atoms in total. The lowest BCUT2D eigenvalue weighted by atomic mass is 9.59. The van der Waals surface area contributed by atoms with Crippen LogP contribution in [0.3, 0.4) is 0 Å². The monoisotopic (exact) mass is 276 g/mol. The predicted molar refractivity (Wildman–Crippen MR) is 82.4 cm³/mol. The Kier molecular flexibility index (Phi) is 3.15. The smallest absolute Gasteiger partial charge is 0.156 e. The van der Waals surface area contributed by atoms with E-state index in [0.29, 0.717) is 6.42 Å². The lowest BCUT2D eigenvalue weighted by Crippen LogP contribution is -2.53. The minimum Gasteiger partial charge on any atom is -0.384 e. The molecule has 0 aromatic carbocycles. The third kappa shape index (κ3) is 1.84. The van der Waals surface area contributed by atoms with Crippen LogP contribution >= 0.6 is 0 Å². The van der Waals surface area contributed by atoms with Gasteiger partial charge in [0.05, 0.1) is 5.60 Å². The van der Waals surface area contributed by atoms with E-state index in [4.69, 9.17) is 0 Å². The van der Waals surface area contributed by atoms with E-state index in [2.05, 4.69) is 41.2 Å². The number of aliphatic hydroxyl groups is 1. The van der Waals surface area contributed by atoms with Gasteiger partial charge in [0, 0.05) is 11.8 Å². The number of hydrogen-bond acceptors (Lipinski definition) is 2. The molecule has 112 valence electrons. The van der Waals surface area contributed by atoms with Gasteiger partial charge in [0.25, 0.3) is 0 Å². The summed E-state index contributed by atoms with van der Waals surface area (Å²) < 4.78 is 0. The molecular weight excluding hydrogens is 248 g/mol.